The van der Waals surface area contributed by atoms with E-state index in [9.17, 15) is 0 Å². The number of imidazole rings is 1. The summed E-state index contributed by atoms with van der Waals surface area (Å²) < 4.78 is 6.40. The van der Waals surface area contributed by atoms with Crippen LogP contribution < -0.4 is 10.5 Å². The Morgan fingerprint density at radius 3 is 3.08 bits per heavy atom. The average Bonchev–Trinajstić information content (AvgIpc) is 2.52. The smallest absolute Gasteiger partial charge is 0.321 e. The minimum atomic E-state index is 0.250. The number of fused-ring (bicyclic) bond motifs is 1. The molecule has 2 aromatic rings. The van der Waals surface area contributed by atoms with Crippen molar-refractivity contribution in [2.75, 3.05) is 12.8 Å². The van der Waals surface area contributed by atoms with Crippen molar-refractivity contribution in [1.29, 1.82) is 0 Å². The third kappa shape index (κ3) is 0.849. The van der Waals surface area contributed by atoms with Crippen LogP contribution in [0.2, 0.25) is 0 Å². The summed E-state index contributed by atoms with van der Waals surface area (Å²) >= 11 is 0. The number of nitrogen functional groups attached to an aromatic ring is 1. The van der Waals surface area contributed by atoms with Crippen LogP contribution in [0.5, 0.6) is 6.01 Å². The average molecular weight is 165 g/mol. The number of methoxy groups -OCH3 is 1. The molecule has 0 aliphatic rings. The molecule has 6 nitrogen and oxygen atoms in total. The molecule has 2 aromatic heterocycles. The van der Waals surface area contributed by atoms with Crippen LogP contribution >= 0.6 is 0 Å². The van der Waals surface area contributed by atoms with E-state index in [-0.39, 0.29) is 6.01 Å². The zero-order chi connectivity index (χ0) is 8.55. The van der Waals surface area contributed by atoms with E-state index >= 15 is 0 Å². The zero-order valence-electron chi connectivity index (χ0n) is 6.43. The maximum Gasteiger partial charge on any atom is 0.321 e. The summed E-state index contributed by atoms with van der Waals surface area (Å²) in [4.78, 5) is 11.7. The van der Waals surface area contributed by atoms with Gasteiger partial charge in [0.15, 0.2) is 5.65 Å². The molecule has 62 valence electrons. The predicted octanol–water partition coefficient (Wildman–Crippen LogP) is -0.285. The molecule has 2 heterocycles. The highest BCUT2D eigenvalue weighted by atomic mass is 16.5. The molecule has 0 aliphatic carbocycles. The van der Waals surface area contributed by atoms with Gasteiger partial charge in [-0.05, 0) is 0 Å². The van der Waals surface area contributed by atoms with Gasteiger partial charge in [-0.3, -0.25) is 4.40 Å². The fourth-order valence-corrected chi connectivity index (χ4v) is 0.913. The number of rotatable bonds is 1. The molecule has 0 radical (unpaired) electrons. The first-order valence-electron chi connectivity index (χ1n) is 3.31. The van der Waals surface area contributed by atoms with Crippen molar-refractivity contribution >= 4 is 11.6 Å². The van der Waals surface area contributed by atoms with Crippen molar-refractivity contribution in [3.8, 4) is 6.01 Å². The van der Waals surface area contributed by atoms with Crippen molar-refractivity contribution in [2.24, 2.45) is 0 Å². The number of anilines is 1. The minimum absolute atomic E-state index is 0.250. The van der Waals surface area contributed by atoms with Gasteiger partial charge in [-0.15, -0.1) is 0 Å². The summed E-state index contributed by atoms with van der Waals surface area (Å²) in [5, 5.41) is 0. The summed E-state index contributed by atoms with van der Waals surface area (Å²) in [5.74, 6) is 0.314. The molecule has 6 heteroatoms. The molecule has 0 saturated carbocycles. The maximum absolute atomic E-state index is 5.57. The van der Waals surface area contributed by atoms with Crippen LogP contribution in [0.25, 0.3) is 5.65 Å². The summed E-state index contributed by atoms with van der Waals surface area (Å²) in [6.07, 6.45) is 3.13. The van der Waals surface area contributed by atoms with Crippen LogP contribution in [-0.2, 0) is 0 Å². The second kappa shape index (κ2) is 2.33. The number of nitrogens with two attached hydrogens (primary N) is 1. The van der Waals surface area contributed by atoms with E-state index in [0.29, 0.717) is 11.6 Å². The van der Waals surface area contributed by atoms with Crippen molar-refractivity contribution in [3.63, 3.8) is 0 Å². The summed E-state index contributed by atoms with van der Waals surface area (Å²) in [6.45, 7) is 0. The van der Waals surface area contributed by atoms with E-state index in [1.165, 1.54) is 7.11 Å². The predicted molar refractivity (Wildman–Crippen MR) is 41.7 cm³/mol. The van der Waals surface area contributed by atoms with Crippen LogP contribution in [0, 0.1) is 0 Å². The Labute approximate surface area is 68.0 Å². The molecule has 0 aliphatic heterocycles. The molecule has 2 N–H and O–H groups in total. The zero-order valence-corrected chi connectivity index (χ0v) is 6.43. The van der Waals surface area contributed by atoms with Gasteiger partial charge in [0.1, 0.15) is 6.33 Å². The largest absolute Gasteiger partial charge is 0.467 e. The van der Waals surface area contributed by atoms with Gasteiger partial charge in [-0.25, -0.2) is 4.98 Å². The van der Waals surface area contributed by atoms with Gasteiger partial charge in [-0.1, -0.05) is 0 Å². The Kier molecular flexibility index (Phi) is 1.33. The van der Waals surface area contributed by atoms with E-state index in [2.05, 4.69) is 15.0 Å². The van der Waals surface area contributed by atoms with Gasteiger partial charge in [0.25, 0.3) is 0 Å². The van der Waals surface area contributed by atoms with Crippen molar-refractivity contribution < 1.29 is 4.74 Å². The van der Waals surface area contributed by atoms with Crippen LogP contribution in [0.4, 0.5) is 5.95 Å². The van der Waals surface area contributed by atoms with Crippen molar-refractivity contribution in [2.45, 2.75) is 0 Å². The summed E-state index contributed by atoms with van der Waals surface area (Å²) in [7, 11) is 1.49. The Bertz CT molecular complexity index is 409. The van der Waals surface area contributed by atoms with Gasteiger partial charge in [0.05, 0.1) is 13.3 Å². The Balaban J connectivity index is 2.75. The minimum Gasteiger partial charge on any atom is -0.467 e. The molecule has 0 aromatic carbocycles. The highest BCUT2D eigenvalue weighted by Crippen LogP contribution is 2.08. The summed E-state index contributed by atoms with van der Waals surface area (Å²) in [5.41, 5.74) is 6.19. The lowest BCUT2D eigenvalue weighted by atomic mass is 10.7. The van der Waals surface area contributed by atoms with E-state index < -0.39 is 0 Å². The molecule has 2 rings (SSSR count). The SMILES string of the molecule is COc1nc(N)n2cncc2n1. The molecule has 0 bridgehead atoms. The van der Waals surface area contributed by atoms with Crippen molar-refractivity contribution in [3.05, 3.63) is 12.5 Å². The van der Waals surface area contributed by atoms with Gasteiger partial charge in [-0.2, -0.15) is 9.97 Å². The summed E-state index contributed by atoms with van der Waals surface area (Å²) in [6, 6.07) is 0.250. The number of hydrogen-bond acceptors (Lipinski definition) is 5. The van der Waals surface area contributed by atoms with E-state index in [1.54, 1.807) is 16.9 Å². The molecule has 0 atom stereocenters. The van der Waals surface area contributed by atoms with Gasteiger partial charge in [0.2, 0.25) is 5.95 Å². The molecular weight excluding hydrogens is 158 g/mol. The number of aromatic nitrogens is 4. The number of hydrogen-bond donors (Lipinski definition) is 1. The molecule has 0 spiro atoms. The van der Waals surface area contributed by atoms with E-state index in [0.717, 1.165) is 0 Å². The first-order valence-corrected chi connectivity index (χ1v) is 3.31. The molecule has 0 unspecified atom stereocenters. The van der Waals surface area contributed by atoms with Gasteiger partial charge < -0.3 is 10.5 Å². The standard InChI is InChI=1S/C6H7N5O/c1-12-6-9-4-2-8-3-11(4)5(7)10-6/h2-3H,1H3,(H2,7,9,10). The first kappa shape index (κ1) is 6.84. The van der Waals surface area contributed by atoms with E-state index in [1.807, 2.05) is 0 Å². The second-order valence-electron chi connectivity index (χ2n) is 2.19. The molecule has 12 heavy (non-hydrogen) atoms. The Hall–Kier alpha value is -1.85. The van der Waals surface area contributed by atoms with E-state index in [4.69, 9.17) is 10.5 Å². The maximum atomic E-state index is 5.57. The lowest BCUT2D eigenvalue weighted by Gasteiger charge is -2.00. The lowest BCUT2D eigenvalue weighted by Crippen LogP contribution is -2.03. The second-order valence-corrected chi connectivity index (χ2v) is 2.19. The molecule has 0 saturated heterocycles. The lowest BCUT2D eigenvalue weighted by molar-refractivity contribution is 0.380. The molecular formula is C6H7N5O. The third-order valence-corrected chi connectivity index (χ3v) is 1.47. The van der Waals surface area contributed by atoms with Crippen LogP contribution in [0.15, 0.2) is 12.5 Å². The molecule has 0 fully saturated rings. The highest BCUT2D eigenvalue weighted by Gasteiger charge is 2.03. The normalized spacial score (nSPS) is 10.4. The fourth-order valence-electron chi connectivity index (χ4n) is 0.913. The Morgan fingerprint density at radius 1 is 1.50 bits per heavy atom. The number of nitrogens with zero attached hydrogens (tertiary/aromatic N) is 4. The Morgan fingerprint density at radius 2 is 2.33 bits per heavy atom. The topological polar surface area (TPSA) is 78.3 Å². The van der Waals surface area contributed by atoms with Crippen LogP contribution in [0.3, 0.4) is 0 Å². The van der Waals surface area contributed by atoms with Crippen LogP contribution in [-0.4, -0.2) is 26.5 Å². The quantitative estimate of drug-likeness (QED) is 0.628. The molecule has 0 amide bonds. The first-order chi connectivity index (χ1) is 5.81. The number of ether oxygens (including phenoxy) is 1. The van der Waals surface area contributed by atoms with Crippen molar-refractivity contribution in [1.82, 2.24) is 19.4 Å². The fraction of sp³-hybridized carbons (Fsp3) is 0.167. The monoisotopic (exact) mass is 165 g/mol. The van der Waals surface area contributed by atoms with Crippen LogP contribution in [0.1, 0.15) is 0 Å². The third-order valence-electron chi connectivity index (χ3n) is 1.47. The highest BCUT2D eigenvalue weighted by molar-refractivity contribution is 5.42. The van der Waals surface area contributed by atoms with Gasteiger partial charge >= 0.3 is 6.01 Å². The van der Waals surface area contributed by atoms with Gasteiger partial charge in [0, 0.05) is 0 Å².